The summed E-state index contributed by atoms with van der Waals surface area (Å²) in [6.45, 7) is 17.6. The molecule has 0 saturated carbocycles. The highest BCUT2D eigenvalue weighted by Crippen LogP contribution is 2.12. The third-order valence-electron chi connectivity index (χ3n) is 3.66. The van der Waals surface area contributed by atoms with Crippen molar-refractivity contribution in [2.45, 2.75) is 52.6 Å². The Bertz CT molecular complexity index is 357. The molecule has 0 aliphatic carbocycles. The molecule has 2 fully saturated rings. The van der Waals surface area contributed by atoms with Gasteiger partial charge in [-0.1, -0.05) is 0 Å². The maximum atomic E-state index is 5.62. The molecule has 0 aromatic rings. The maximum Gasteiger partial charge on any atom is 0.361 e. The molecular weight excluding hydrogens is 372 g/mol. The van der Waals surface area contributed by atoms with Crippen LogP contribution < -0.4 is 0 Å². The Morgan fingerprint density at radius 1 is 0.731 bits per heavy atom. The van der Waals surface area contributed by atoms with E-state index in [4.69, 9.17) is 32.2 Å². The Morgan fingerprint density at radius 3 is 1.54 bits per heavy atom. The summed E-state index contributed by atoms with van der Waals surface area (Å²) in [5, 5.41) is 0. The van der Waals surface area contributed by atoms with E-state index in [1.54, 1.807) is 0 Å². The summed E-state index contributed by atoms with van der Waals surface area (Å²) in [7, 11) is -3.59. The van der Waals surface area contributed by atoms with Gasteiger partial charge in [0.25, 0.3) is 0 Å². The van der Waals surface area contributed by atoms with E-state index in [-0.39, 0.29) is 0 Å². The van der Waals surface area contributed by atoms with Crippen LogP contribution in [0.25, 0.3) is 0 Å². The molecule has 2 unspecified atom stereocenters. The first-order chi connectivity index (χ1) is 12.3. The lowest BCUT2D eigenvalue weighted by molar-refractivity contribution is 0.0991. The van der Waals surface area contributed by atoms with Crippen LogP contribution in [0, 0.1) is 0 Å². The molecule has 0 N–H and O–H groups in total. The molecule has 2 saturated heterocycles. The van der Waals surface area contributed by atoms with E-state index >= 15 is 0 Å². The summed E-state index contributed by atoms with van der Waals surface area (Å²) in [6.07, 6.45) is 2.06. The highest BCUT2D eigenvalue weighted by Gasteiger charge is 2.33. The molecule has 2 aliphatic rings. The molecule has 2 atom stereocenters. The van der Waals surface area contributed by atoms with Crippen LogP contribution >= 0.6 is 0 Å². The second-order valence-corrected chi connectivity index (χ2v) is 14.4. The standard InChI is InChI=1S/C9H20O4Si.C8H18O3Si/c1-4-12-14(3,13-5-2)8-10-6-9-7-11-9;1-4-11-12(2,3)7-9-5-8-6-10-8/h9H,4-8H2,1-3H3;8H,4-7H2,1-3H3. The maximum absolute atomic E-state index is 5.62. The molecule has 26 heavy (non-hydrogen) atoms. The van der Waals surface area contributed by atoms with Gasteiger partial charge < -0.3 is 32.2 Å². The number of ether oxygens (including phenoxy) is 4. The average Bonchev–Trinajstić information content (AvgIpc) is 3.43. The number of rotatable bonds is 14. The van der Waals surface area contributed by atoms with Crippen molar-refractivity contribution in [2.75, 3.05) is 58.7 Å². The Kier molecular flexibility index (Phi) is 11.7. The van der Waals surface area contributed by atoms with Gasteiger partial charge in [-0.2, -0.15) is 0 Å². The molecule has 2 aliphatic heterocycles. The highest BCUT2D eigenvalue weighted by atomic mass is 28.4. The topological polar surface area (TPSA) is 71.2 Å². The number of hydrogen-bond acceptors (Lipinski definition) is 7. The third-order valence-corrected chi connectivity index (χ3v) is 8.16. The van der Waals surface area contributed by atoms with E-state index in [2.05, 4.69) is 13.1 Å². The van der Waals surface area contributed by atoms with Crippen molar-refractivity contribution in [1.82, 2.24) is 0 Å². The van der Waals surface area contributed by atoms with E-state index in [1.165, 1.54) is 0 Å². The summed E-state index contributed by atoms with van der Waals surface area (Å²) in [6, 6.07) is 0. The predicted octanol–water partition coefficient (Wildman–Crippen LogP) is 2.27. The largest absolute Gasteiger partial charge is 0.415 e. The fraction of sp³-hybridized carbons (Fsp3) is 1.00. The van der Waals surface area contributed by atoms with Crippen molar-refractivity contribution < 1.29 is 32.2 Å². The lowest BCUT2D eigenvalue weighted by atomic mass is 10.5. The van der Waals surface area contributed by atoms with Crippen molar-refractivity contribution in [2.24, 2.45) is 0 Å². The summed E-state index contributed by atoms with van der Waals surface area (Å²) in [5.41, 5.74) is 0. The minimum atomic E-state index is -2.07. The Labute approximate surface area is 160 Å². The zero-order valence-electron chi connectivity index (χ0n) is 17.4. The van der Waals surface area contributed by atoms with Crippen LogP contribution in [-0.2, 0) is 32.2 Å². The molecule has 0 radical (unpaired) electrons. The average molecular weight is 411 g/mol. The second kappa shape index (κ2) is 12.6. The Morgan fingerprint density at radius 2 is 1.15 bits per heavy atom. The predicted molar refractivity (Wildman–Crippen MR) is 105 cm³/mol. The molecule has 0 aromatic carbocycles. The van der Waals surface area contributed by atoms with Gasteiger partial charge in [-0.3, -0.25) is 0 Å². The molecule has 2 rings (SSSR count). The lowest BCUT2D eigenvalue weighted by Gasteiger charge is -2.25. The van der Waals surface area contributed by atoms with Crippen LogP contribution in [0.3, 0.4) is 0 Å². The van der Waals surface area contributed by atoms with Gasteiger partial charge in [0, 0.05) is 19.8 Å². The Balaban J connectivity index is 0.000000263. The zero-order valence-corrected chi connectivity index (χ0v) is 19.4. The van der Waals surface area contributed by atoms with Gasteiger partial charge in [-0.15, -0.1) is 0 Å². The van der Waals surface area contributed by atoms with Crippen LogP contribution in [0.1, 0.15) is 20.8 Å². The Hall–Kier alpha value is 0.154. The smallest absolute Gasteiger partial charge is 0.361 e. The summed E-state index contributed by atoms with van der Waals surface area (Å²) >= 11 is 0. The first kappa shape index (κ1) is 24.2. The van der Waals surface area contributed by atoms with Crippen LogP contribution in [0.5, 0.6) is 0 Å². The number of epoxide rings is 2. The van der Waals surface area contributed by atoms with Gasteiger partial charge in [0.15, 0.2) is 0 Å². The molecular formula is C17H38O7Si2. The normalized spacial score (nSPS) is 21.9. The quantitative estimate of drug-likeness (QED) is 0.321. The minimum Gasteiger partial charge on any atom is -0.415 e. The van der Waals surface area contributed by atoms with Gasteiger partial charge in [0.05, 0.1) is 38.9 Å². The molecule has 0 spiro atoms. The van der Waals surface area contributed by atoms with E-state index in [0.717, 1.165) is 32.7 Å². The van der Waals surface area contributed by atoms with Gasteiger partial charge >= 0.3 is 8.56 Å². The van der Waals surface area contributed by atoms with Gasteiger partial charge in [-0.25, -0.2) is 0 Å². The van der Waals surface area contributed by atoms with Crippen molar-refractivity contribution in [1.29, 1.82) is 0 Å². The molecule has 0 amide bonds. The van der Waals surface area contributed by atoms with Crippen LogP contribution in [0.15, 0.2) is 0 Å². The van der Waals surface area contributed by atoms with E-state index in [9.17, 15) is 0 Å². The monoisotopic (exact) mass is 410 g/mol. The molecule has 0 bridgehead atoms. The highest BCUT2D eigenvalue weighted by molar-refractivity contribution is 6.71. The molecule has 156 valence electrons. The minimum absolute atomic E-state index is 0.316. The third kappa shape index (κ3) is 12.5. The van der Waals surface area contributed by atoms with Crippen molar-refractivity contribution in [3.05, 3.63) is 0 Å². The SMILES string of the molecule is CCO[Si](C)(C)COCC1CO1.CCO[Si](C)(COCC1CO1)OCC. The lowest BCUT2D eigenvalue weighted by Crippen LogP contribution is -2.44. The molecule has 7 nitrogen and oxygen atoms in total. The fourth-order valence-corrected chi connectivity index (χ4v) is 5.74. The molecule has 2 heterocycles. The fourth-order valence-electron chi connectivity index (χ4n) is 2.31. The first-order valence-corrected chi connectivity index (χ1v) is 15.3. The van der Waals surface area contributed by atoms with Crippen molar-refractivity contribution in [3.8, 4) is 0 Å². The van der Waals surface area contributed by atoms with Crippen LogP contribution in [-0.4, -0.2) is 87.8 Å². The zero-order chi connectivity index (χ0) is 19.5. The van der Waals surface area contributed by atoms with E-state index < -0.39 is 16.9 Å². The van der Waals surface area contributed by atoms with Crippen molar-refractivity contribution >= 4 is 16.9 Å². The van der Waals surface area contributed by atoms with Crippen LogP contribution in [0.2, 0.25) is 19.6 Å². The van der Waals surface area contributed by atoms with Gasteiger partial charge in [0.1, 0.15) is 12.2 Å². The van der Waals surface area contributed by atoms with Gasteiger partial charge in [-0.05, 0) is 40.4 Å². The summed E-state index contributed by atoms with van der Waals surface area (Å²) in [4.78, 5) is 0. The first-order valence-electron chi connectivity index (χ1n) is 9.64. The van der Waals surface area contributed by atoms with Gasteiger partial charge in [0.2, 0.25) is 8.32 Å². The van der Waals surface area contributed by atoms with E-state index in [1.807, 2.05) is 27.3 Å². The molecule has 0 aromatic heterocycles. The molecule has 9 heteroatoms. The summed E-state index contributed by atoms with van der Waals surface area (Å²) in [5.74, 6) is 0. The van der Waals surface area contributed by atoms with E-state index in [0.29, 0.717) is 38.3 Å². The van der Waals surface area contributed by atoms with Crippen LogP contribution in [0.4, 0.5) is 0 Å². The summed E-state index contributed by atoms with van der Waals surface area (Å²) < 4.78 is 37.9. The number of hydrogen-bond donors (Lipinski definition) is 0. The second-order valence-electron chi connectivity index (χ2n) is 7.13. The van der Waals surface area contributed by atoms with Crippen molar-refractivity contribution in [3.63, 3.8) is 0 Å².